The second kappa shape index (κ2) is 8.75. The fourth-order valence-corrected chi connectivity index (χ4v) is 2.73. The molecule has 1 saturated heterocycles. The summed E-state index contributed by atoms with van der Waals surface area (Å²) < 4.78 is 10.9. The number of hydrogen-bond donors (Lipinski definition) is 5. The van der Waals surface area contributed by atoms with Gasteiger partial charge in [0.25, 0.3) is 0 Å². The Labute approximate surface area is 141 Å². The van der Waals surface area contributed by atoms with Crippen molar-refractivity contribution in [2.45, 2.75) is 63.0 Å². The highest BCUT2D eigenvalue weighted by Gasteiger charge is 2.44. The van der Waals surface area contributed by atoms with E-state index in [2.05, 4.69) is 0 Å². The molecule has 136 valence electrons. The van der Waals surface area contributed by atoms with Crippen LogP contribution in [0.3, 0.4) is 0 Å². The number of aliphatic hydroxyl groups excluding tert-OH is 4. The molecule has 0 amide bonds. The number of phenols is 1. The molecule has 0 aromatic heterocycles. The predicted octanol–water partition coefficient (Wildman–Crippen LogP) is -0.0801. The van der Waals surface area contributed by atoms with Gasteiger partial charge in [0.05, 0.1) is 12.7 Å². The van der Waals surface area contributed by atoms with Gasteiger partial charge in [0.1, 0.15) is 30.2 Å². The fourth-order valence-electron chi connectivity index (χ4n) is 2.73. The topological polar surface area (TPSA) is 120 Å². The van der Waals surface area contributed by atoms with Gasteiger partial charge in [-0.3, -0.25) is 0 Å². The maximum absolute atomic E-state index is 9.93. The summed E-state index contributed by atoms with van der Waals surface area (Å²) in [6.07, 6.45) is -4.10. The van der Waals surface area contributed by atoms with Crippen molar-refractivity contribution in [1.82, 2.24) is 0 Å². The van der Waals surface area contributed by atoms with Crippen LogP contribution in [0, 0.1) is 0 Å². The first-order valence-corrected chi connectivity index (χ1v) is 8.16. The zero-order valence-corrected chi connectivity index (χ0v) is 13.7. The third kappa shape index (κ3) is 4.89. The monoisotopic (exact) mass is 342 g/mol. The van der Waals surface area contributed by atoms with Gasteiger partial charge in [-0.25, -0.2) is 0 Å². The molecule has 5 N–H and O–H groups in total. The van der Waals surface area contributed by atoms with E-state index in [1.54, 1.807) is 12.1 Å². The van der Waals surface area contributed by atoms with Crippen LogP contribution < -0.4 is 0 Å². The number of benzene rings is 1. The Hall–Kier alpha value is -1.22. The molecule has 1 aliphatic heterocycles. The molecule has 0 radical (unpaired) electrons. The van der Waals surface area contributed by atoms with Crippen molar-refractivity contribution >= 4 is 0 Å². The second-order valence-corrected chi connectivity index (χ2v) is 6.20. The molecular formula is C17H26O7. The zero-order valence-electron chi connectivity index (χ0n) is 13.7. The maximum Gasteiger partial charge on any atom is 0.186 e. The summed E-state index contributed by atoms with van der Waals surface area (Å²) in [6, 6.07) is 7.00. The number of phenolic OH excluding ortho intramolecular Hbond substituents is 1. The molecule has 1 fully saturated rings. The van der Waals surface area contributed by atoms with E-state index in [1.165, 1.54) is 0 Å². The first-order chi connectivity index (χ1) is 11.4. The Bertz CT molecular complexity index is 490. The minimum atomic E-state index is -1.43. The summed E-state index contributed by atoms with van der Waals surface area (Å²) in [5, 5.41) is 47.8. The van der Waals surface area contributed by atoms with Gasteiger partial charge in [-0.15, -0.1) is 0 Å². The number of aliphatic hydroxyl groups is 4. The van der Waals surface area contributed by atoms with Gasteiger partial charge < -0.3 is 35.0 Å². The molecule has 1 aromatic carbocycles. The van der Waals surface area contributed by atoms with Gasteiger partial charge in [0.2, 0.25) is 0 Å². The Morgan fingerprint density at radius 3 is 2.38 bits per heavy atom. The normalized spacial score (nSPS) is 31.8. The average molecular weight is 342 g/mol. The van der Waals surface area contributed by atoms with Crippen molar-refractivity contribution in [2.75, 3.05) is 6.61 Å². The lowest BCUT2D eigenvalue weighted by atomic mass is 9.99. The van der Waals surface area contributed by atoms with E-state index in [4.69, 9.17) is 14.6 Å². The number of rotatable bonds is 7. The smallest absolute Gasteiger partial charge is 0.186 e. The van der Waals surface area contributed by atoms with Gasteiger partial charge in [-0.1, -0.05) is 12.1 Å². The van der Waals surface area contributed by atoms with Crippen LogP contribution in [-0.4, -0.2) is 68.9 Å². The van der Waals surface area contributed by atoms with Crippen LogP contribution in [0.15, 0.2) is 24.3 Å². The van der Waals surface area contributed by atoms with Crippen LogP contribution in [0.5, 0.6) is 5.75 Å². The average Bonchev–Trinajstić information content (AvgIpc) is 2.57. The third-order valence-electron chi connectivity index (χ3n) is 4.23. The molecule has 1 aliphatic rings. The highest BCUT2D eigenvalue weighted by atomic mass is 16.7. The molecular weight excluding hydrogens is 316 g/mol. The van der Waals surface area contributed by atoms with E-state index in [0.717, 1.165) is 18.4 Å². The zero-order chi connectivity index (χ0) is 17.7. The predicted molar refractivity (Wildman–Crippen MR) is 85.4 cm³/mol. The van der Waals surface area contributed by atoms with E-state index in [9.17, 15) is 20.4 Å². The SMILES string of the molecule is C[C@@H](CCCc1ccc(O)cc1)O[C@@H]1O[C@H](CO)[C@@H](O)[C@H](O)[C@H]1O. The van der Waals surface area contributed by atoms with Crippen LogP contribution in [0.4, 0.5) is 0 Å². The van der Waals surface area contributed by atoms with Crippen LogP contribution in [0.1, 0.15) is 25.3 Å². The van der Waals surface area contributed by atoms with Crippen molar-refractivity contribution in [3.05, 3.63) is 29.8 Å². The van der Waals surface area contributed by atoms with Gasteiger partial charge in [-0.05, 0) is 43.9 Å². The lowest BCUT2D eigenvalue weighted by molar-refractivity contribution is -0.310. The van der Waals surface area contributed by atoms with E-state index in [0.29, 0.717) is 6.42 Å². The molecule has 0 aliphatic carbocycles. The van der Waals surface area contributed by atoms with Crippen molar-refractivity contribution in [3.8, 4) is 5.75 Å². The molecule has 1 heterocycles. The number of ether oxygens (including phenoxy) is 2. The summed E-state index contributed by atoms with van der Waals surface area (Å²) in [7, 11) is 0. The second-order valence-electron chi connectivity index (χ2n) is 6.20. The molecule has 0 spiro atoms. The van der Waals surface area contributed by atoms with E-state index >= 15 is 0 Å². The van der Waals surface area contributed by atoms with Crippen molar-refractivity contribution in [1.29, 1.82) is 0 Å². The minimum absolute atomic E-state index is 0.233. The lowest BCUT2D eigenvalue weighted by Gasteiger charge is -2.40. The summed E-state index contributed by atoms with van der Waals surface area (Å²) in [6.45, 7) is 1.36. The van der Waals surface area contributed by atoms with Crippen LogP contribution in [0.25, 0.3) is 0 Å². The van der Waals surface area contributed by atoms with Gasteiger partial charge in [0.15, 0.2) is 6.29 Å². The molecule has 2 rings (SSSR count). The lowest BCUT2D eigenvalue weighted by Crippen LogP contribution is -2.59. The minimum Gasteiger partial charge on any atom is -0.508 e. The molecule has 24 heavy (non-hydrogen) atoms. The highest BCUT2D eigenvalue weighted by Crippen LogP contribution is 2.24. The quantitative estimate of drug-likeness (QED) is 0.470. The Morgan fingerprint density at radius 1 is 1.08 bits per heavy atom. The Balaban J connectivity index is 1.78. The van der Waals surface area contributed by atoms with Crippen molar-refractivity contribution < 1.29 is 35.0 Å². The molecule has 1 aromatic rings. The summed E-state index contributed by atoms with van der Waals surface area (Å²) >= 11 is 0. The number of aromatic hydroxyl groups is 1. The Kier molecular flexibility index (Phi) is 6.97. The first kappa shape index (κ1) is 19.1. The van der Waals surface area contributed by atoms with Gasteiger partial charge >= 0.3 is 0 Å². The summed E-state index contributed by atoms with van der Waals surface area (Å²) in [5.74, 6) is 0.234. The molecule has 0 bridgehead atoms. The van der Waals surface area contributed by atoms with Gasteiger partial charge in [0, 0.05) is 0 Å². The van der Waals surface area contributed by atoms with E-state index < -0.39 is 37.3 Å². The third-order valence-corrected chi connectivity index (χ3v) is 4.23. The van der Waals surface area contributed by atoms with E-state index in [1.807, 2.05) is 19.1 Å². The van der Waals surface area contributed by atoms with Crippen LogP contribution in [-0.2, 0) is 15.9 Å². The van der Waals surface area contributed by atoms with Gasteiger partial charge in [-0.2, -0.15) is 0 Å². The molecule has 6 atom stereocenters. The molecule has 0 saturated carbocycles. The largest absolute Gasteiger partial charge is 0.508 e. The fraction of sp³-hybridized carbons (Fsp3) is 0.647. The highest BCUT2D eigenvalue weighted by molar-refractivity contribution is 5.25. The summed E-state index contributed by atoms with van der Waals surface area (Å²) in [5.41, 5.74) is 1.10. The molecule has 0 unspecified atom stereocenters. The number of aryl methyl sites for hydroxylation is 1. The van der Waals surface area contributed by atoms with Crippen LogP contribution >= 0.6 is 0 Å². The maximum atomic E-state index is 9.93. The first-order valence-electron chi connectivity index (χ1n) is 8.16. The van der Waals surface area contributed by atoms with E-state index in [-0.39, 0.29) is 11.9 Å². The Morgan fingerprint density at radius 2 is 1.75 bits per heavy atom. The number of hydrogen-bond acceptors (Lipinski definition) is 7. The molecule has 7 nitrogen and oxygen atoms in total. The summed E-state index contributed by atoms with van der Waals surface area (Å²) in [4.78, 5) is 0. The standard InChI is InChI=1S/C17H26O7/c1-10(3-2-4-11-5-7-12(19)8-6-11)23-17-16(22)15(21)14(20)13(9-18)24-17/h5-8,10,13-22H,2-4,9H2,1H3/t10-,13+,14+,15-,16+,17+/m0/s1. The van der Waals surface area contributed by atoms with Crippen molar-refractivity contribution in [2.24, 2.45) is 0 Å². The van der Waals surface area contributed by atoms with Crippen molar-refractivity contribution in [3.63, 3.8) is 0 Å². The van der Waals surface area contributed by atoms with Crippen LogP contribution in [0.2, 0.25) is 0 Å². The molecule has 7 heteroatoms.